The molecule has 1 atom stereocenters. The summed E-state index contributed by atoms with van der Waals surface area (Å²) in [4.78, 5) is 0. The van der Waals surface area contributed by atoms with Crippen molar-refractivity contribution in [1.29, 1.82) is 0 Å². The molecule has 0 bridgehead atoms. The first kappa shape index (κ1) is 9.41. The molecular formula is C9H15F. The second-order valence-corrected chi connectivity index (χ2v) is 2.42. The summed E-state index contributed by atoms with van der Waals surface area (Å²) in [6, 6.07) is 0. The van der Waals surface area contributed by atoms with Crippen molar-refractivity contribution in [3.05, 3.63) is 24.1 Å². The van der Waals surface area contributed by atoms with Gasteiger partial charge in [0.1, 0.15) is 5.83 Å². The maximum absolute atomic E-state index is 12.4. The Labute approximate surface area is 62.4 Å². The molecule has 58 valence electrons. The topological polar surface area (TPSA) is 0 Å². The monoisotopic (exact) mass is 142 g/mol. The standard InChI is InChI=1S/C9H15F/c1-4-8(3)6-7-9(10)5-2/h5-8H,4H2,1-3H3/b7-6-,9-5+. The molecule has 0 aromatic heterocycles. The third-order valence-corrected chi connectivity index (χ3v) is 1.50. The average Bonchev–Trinajstić information content (AvgIpc) is 1.99. The number of rotatable bonds is 3. The zero-order chi connectivity index (χ0) is 7.98. The van der Waals surface area contributed by atoms with Crippen LogP contribution < -0.4 is 0 Å². The number of hydrogen-bond acceptors (Lipinski definition) is 0. The molecule has 0 aliphatic heterocycles. The first-order valence-corrected chi connectivity index (χ1v) is 3.70. The van der Waals surface area contributed by atoms with E-state index in [0.29, 0.717) is 5.92 Å². The molecule has 0 aliphatic carbocycles. The molecular weight excluding hydrogens is 127 g/mol. The fraction of sp³-hybridized carbons (Fsp3) is 0.556. The van der Waals surface area contributed by atoms with Crippen LogP contribution in [0.25, 0.3) is 0 Å². The molecule has 0 amide bonds. The summed E-state index contributed by atoms with van der Waals surface area (Å²) in [5.74, 6) is 0.325. The summed E-state index contributed by atoms with van der Waals surface area (Å²) in [6.45, 7) is 5.85. The van der Waals surface area contributed by atoms with Crippen LogP contribution in [0.2, 0.25) is 0 Å². The zero-order valence-electron chi connectivity index (χ0n) is 6.89. The van der Waals surface area contributed by atoms with E-state index in [1.807, 2.05) is 6.08 Å². The van der Waals surface area contributed by atoms with Crippen LogP contribution in [0.4, 0.5) is 4.39 Å². The molecule has 0 aromatic carbocycles. The number of allylic oxidation sites excluding steroid dienone is 4. The van der Waals surface area contributed by atoms with Crippen LogP contribution in [-0.4, -0.2) is 0 Å². The number of halogens is 1. The average molecular weight is 142 g/mol. The molecule has 0 saturated heterocycles. The lowest BCUT2D eigenvalue weighted by molar-refractivity contribution is 0.653. The van der Waals surface area contributed by atoms with Crippen molar-refractivity contribution < 1.29 is 4.39 Å². The van der Waals surface area contributed by atoms with Crippen LogP contribution in [0.1, 0.15) is 27.2 Å². The van der Waals surface area contributed by atoms with Crippen molar-refractivity contribution in [2.45, 2.75) is 27.2 Å². The highest BCUT2D eigenvalue weighted by Gasteiger charge is 1.90. The first-order valence-electron chi connectivity index (χ1n) is 3.70. The van der Waals surface area contributed by atoms with Gasteiger partial charge in [-0.15, -0.1) is 0 Å². The van der Waals surface area contributed by atoms with Crippen molar-refractivity contribution in [3.63, 3.8) is 0 Å². The molecule has 0 heterocycles. The minimum atomic E-state index is -0.153. The van der Waals surface area contributed by atoms with Gasteiger partial charge in [0.15, 0.2) is 0 Å². The summed E-state index contributed by atoms with van der Waals surface area (Å²) >= 11 is 0. The lowest BCUT2D eigenvalue weighted by Gasteiger charge is -1.97. The fourth-order valence-electron chi connectivity index (χ4n) is 0.488. The van der Waals surface area contributed by atoms with Crippen molar-refractivity contribution in [3.8, 4) is 0 Å². The van der Waals surface area contributed by atoms with Gasteiger partial charge in [0, 0.05) is 0 Å². The van der Waals surface area contributed by atoms with Gasteiger partial charge in [-0.3, -0.25) is 0 Å². The van der Waals surface area contributed by atoms with Gasteiger partial charge in [0.25, 0.3) is 0 Å². The lowest BCUT2D eigenvalue weighted by atomic mass is 10.1. The van der Waals surface area contributed by atoms with Gasteiger partial charge in [0.2, 0.25) is 0 Å². The zero-order valence-corrected chi connectivity index (χ0v) is 6.89. The van der Waals surface area contributed by atoms with Gasteiger partial charge in [0.05, 0.1) is 0 Å². The van der Waals surface area contributed by atoms with Crippen LogP contribution in [-0.2, 0) is 0 Å². The SMILES string of the molecule is C/C=C(F)\C=C/C(C)CC. The highest BCUT2D eigenvalue weighted by Crippen LogP contribution is 2.05. The summed E-state index contributed by atoms with van der Waals surface area (Å²) in [6.07, 6.45) is 5.93. The molecule has 0 N–H and O–H groups in total. The predicted molar refractivity (Wildman–Crippen MR) is 43.5 cm³/mol. The molecule has 0 fully saturated rings. The van der Waals surface area contributed by atoms with Crippen LogP contribution in [0.15, 0.2) is 24.1 Å². The quantitative estimate of drug-likeness (QED) is 0.529. The molecule has 1 unspecified atom stereocenters. The van der Waals surface area contributed by atoms with E-state index in [1.54, 1.807) is 6.92 Å². The van der Waals surface area contributed by atoms with Crippen molar-refractivity contribution in [1.82, 2.24) is 0 Å². The molecule has 0 nitrogen and oxygen atoms in total. The van der Waals surface area contributed by atoms with E-state index in [0.717, 1.165) is 6.42 Å². The summed E-state index contributed by atoms with van der Waals surface area (Å²) in [5.41, 5.74) is 0. The van der Waals surface area contributed by atoms with Crippen molar-refractivity contribution in [2.24, 2.45) is 5.92 Å². The van der Waals surface area contributed by atoms with Gasteiger partial charge < -0.3 is 0 Å². The van der Waals surface area contributed by atoms with Crippen LogP contribution >= 0.6 is 0 Å². The van der Waals surface area contributed by atoms with Gasteiger partial charge in [-0.05, 0) is 18.9 Å². The van der Waals surface area contributed by atoms with Crippen LogP contribution in [0.5, 0.6) is 0 Å². The number of hydrogen-bond donors (Lipinski definition) is 0. The first-order chi connectivity index (χ1) is 4.70. The van der Waals surface area contributed by atoms with Gasteiger partial charge in [-0.25, -0.2) is 4.39 Å². The van der Waals surface area contributed by atoms with Gasteiger partial charge in [-0.2, -0.15) is 0 Å². The van der Waals surface area contributed by atoms with E-state index in [-0.39, 0.29) is 5.83 Å². The van der Waals surface area contributed by atoms with E-state index in [1.165, 1.54) is 12.2 Å². The molecule has 0 radical (unpaired) electrons. The molecule has 0 saturated carbocycles. The maximum atomic E-state index is 12.4. The molecule has 0 rings (SSSR count). The smallest absolute Gasteiger partial charge is 0.118 e. The summed E-state index contributed by atoms with van der Waals surface area (Å²) < 4.78 is 12.4. The fourth-order valence-corrected chi connectivity index (χ4v) is 0.488. The van der Waals surface area contributed by atoms with Gasteiger partial charge in [-0.1, -0.05) is 32.4 Å². The molecule has 1 heteroatoms. The Hall–Kier alpha value is -0.590. The Morgan fingerprint density at radius 1 is 1.60 bits per heavy atom. The largest absolute Gasteiger partial charge is 0.207 e. The summed E-state index contributed by atoms with van der Waals surface area (Å²) in [7, 11) is 0. The van der Waals surface area contributed by atoms with E-state index in [4.69, 9.17) is 0 Å². The van der Waals surface area contributed by atoms with Crippen LogP contribution in [0.3, 0.4) is 0 Å². The Kier molecular flexibility index (Phi) is 4.91. The minimum absolute atomic E-state index is 0.153. The van der Waals surface area contributed by atoms with E-state index < -0.39 is 0 Å². The van der Waals surface area contributed by atoms with E-state index in [9.17, 15) is 4.39 Å². The Balaban J connectivity index is 3.75. The predicted octanol–water partition coefficient (Wildman–Crippen LogP) is 3.46. The lowest BCUT2D eigenvalue weighted by Crippen LogP contribution is -1.83. The molecule has 0 spiro atoms. The third-order valence-electron chi connectivity index (χ3n) is 1.50. The van der Waals surface area contributed by atoms with E-state index >= 15 is 0 Å². The summed E-state index contributed by atoms with van der Waals surface area (Å²) in [5, 5.41) is 0. The highest BCUT2D eigenvalue weighted by molar-refractivity contribution is 5.10. The Morgan fingerprint density at radius 2 is 2.20 bits per heavy atom. The van der Waals surface area contributed by atoms with E-state index in [2.05, 4.69) is 13.8 Å². The minimum Gasteiger partial charge on any atom is -0.207 e. The Bertz CT molecular complexity index is 134. The molecule has 0 aliphatic rings. The van der Waals surface area contributed by atoms with Crippen molar-refractivity contribution in [2.75, 3.05) is 0 Å². The molecule has 10 heavy (non-hydrogen) atoms. The maximum Gasteiger partial charge on any atom is 0.118 e. The van der Waals surface area contributed by atoms with Gasteiger partial charge >= 0.3 is 0 Å². The van der Waals surface area contributed by atoms with Crippen molar-refractivity contribution >= 4 is 0 Å². The normalized spacial score (nSPS) is 16.2. The molecule has 0 aromatic rings. The highest BCUT2D eigenvalue weighted by atomic mass is 19.1. The second-order valence-electron chi connectivity index (χ2n) is 2.42. The second kappa shape index (κ2) is 5.21. The third kappa shape index (κ3) is 4.30. The van der Waals surface area contributed by atoms with Crippen LogP contribution in [0, 0.1) is 5.92 Å². The Morgan fingerprint density at radius 3 is 2.60 bits per heavy atom.